The highest BCUT2D eigenvalue weighted by Gasteiger charge is 2.22. The minimum absolute atomic E-state index is 0.220. The fraction of sp³-hybridized carbons (Fsp3) is 0.190. The van der Waals surface area contributed by atoms with Crippen LogP contribution in [0.4, 0.5) is 0 Å². The molecule has 6 heteroatoms. The van der Waals surface area contributed by atoms with E-state index in [-0.39, 0.29) is 5.91 Å². The van der Waals surface area contributed by atoms with Crippen molar-refractivity contribution < 1.29 is 9.32 Å². The lowest BCUT2D eigenvalue weighted by atomic mass is 10.1. The van der Waals surface area contributed by atoms with Crippen molar-refractivity contribution in [2.24, 2.45) is 0 Å². The van der Waals surface area contributed by atoms with E-state index < -0.39 is 0 Å². The summed E-state index contributed by atoms with van der Waals surface area (Å²) in [5.41, 5.74) is 3.85. The molecule has 0 bridgehead atoms. The number of fused-ring (bicyclic) bond motifs is 1. The van der Waals surface area contributed by atoms with Gasteiger partial charge in [0.1, 0.15) is 22.8 Å². The van der Waals surface area contributed by atoms with Crippen LogP contribution in [0, 0.1) is 6.92 Å². The Hall–Kier alpha value is -3.41. The lowest BCUT2D eigenvalue weighted by Gasteiger charge is -2.08. The molecule has 1 N–H and O–H groups in total. The highest BCUT2D eigenvalue weighted by atomic mass is 16.5. The van der Waals surface area contributed by atoms with Gasteiger partial charge in [-0.15, -0.1) is 0 Å². The van der Waals surface area contributed by atoms with Crippen LogP contribution in [0.2, 0.25) is 0 Å². The third kappa shape index (κ3) is 3.10. The molecule has 2 heterocycles. The predicted molar refractivity (Wildman–Crippen MR) is 103 cm³/mol. The maximum absolute atomic E-state index is 12.9. The van der Waals surface area contributed by atoms with Crippen molar-refractivity contribution in [3.63, 3.8) is 0 Å². The van der Waals surface area contributed by atoms with Gasteiger partial charge < -0.3 is 14.4 Å². The Bertz CT molecular complexity index is 1100. The number of rotatable bonds is 5. The van der Waals surface area contributed by atoms with E-state index in [1.807, 2.05) is 54.6 Å². The molecule has 27 heavy (non-hydrogen) atoms. The summed E-state index contributed by atoms with van der Waals surface area (Å²) >= 11 is 0. The van der Waals surface area contributed by atoms with Gasteiger partial charge in [0, 0.05) is 12.1 Å². The predicted octanol–water partition coefficient (Wildman–Crippen LogP) is 3.95. The number of para-hydroxylation sites is 2. The first-order valence-electron chi connectivity index (χ1n) is 8.93. The fourth-order valence-corrected chi connectivity index (χ4v) is 3.29. The number of aromatic nitrogens is 3. The fourth-order valence-electron chi connectivity index (χ4n) is 3.29. The maximum Gasteiger partial charge on any atom is 0.257 e. The summed E-state index contributed by atoms with van der Waals surface area (Å²) in [5.74, 6) is 1.10. The summed E-state index contributed by atoms with van der Waals surface area (Å²) in [6.45, 7) is 4.93. The molecular weight excluding hydrogens is 340 g/mol. The van der Waals surface area contributed by atoms with Gasteiger partial charge in [-0.3, -0.25) is 4.79 Å². The van der Waals surface area contributed by atoms with Crippen molar-refractivity contribution in [1.29, 1.82) is 0 Å². The van der Waals surface area contributed by atoms with Crippen molar-refractivity contribution in [2.75, 3.05) is 0 Å². The first-order valence-corrected chi connectivity index (χ1v) is 8.93. The molecule has 0 unspecified atom stereocenters. The number of aryl methyl sites for hydroxylation is 2. The van der Waals surface area contributed by atoms with Gasteiger partial charge in [-0.2, -0.15) is 0 Å². The van der Waals surface area contributed by atoms with Crippen LogP contribution in [-0.2, 0) is 13.1 Å². The van der Waals surface area contributed by atoms with Gasteiger partial charge in [0.05, 0.1) is 17.6 Å². The number of nitrogens with zero attached hydrogens (tertiary/aromatic N) is 3. The molecule has 4 rings (SSSR count). The van der Waals surface area contributed by atoms with Crippen LogP contribution in [0.5, 0.6) is 0 Å². The molecule has 0 radical (unpaired) electrons. The number of amides is 1. The summed E-state index contributed by atoms with van der Waals surface area (Å²) in [6.07, 6.45) is 0. The van der Waals surface area contributed by atoms with Crippen molar-refractivity contribution >= 4 is 16.9 Å². The van der Waals surface area contributed by atoms with Gasteiger partial charge in [0.2, 0.25) is 0 Å². The van der Waals surface area contributed by atoms with E-state index in [1.54, 1.807) is 6.92 Å². The molecule has 0 fully saturated rings. The molecule has 136 valence electrons. The molecule has 2 aromatic heterocycles. The standard InChI is InChI=1S/C21H20N4O2/c1-3-25-17-12-8-7-11-16(17)23-18(25)13-22-21(26)19-14(2)27-24-20(19)15-9-5-4-6-10-15/h4-12H,3,13H2,1-2H3,(H,22,26). The molecule has 0 atom stereocenters. The number of imidazole rings is 1. The quantitative estimate of drug-likeness (QED) is 0.585. The zero-order valence-corrected chi connectivity index (χ0v) is 15.3. The minimum atomic E-state index is -0.220. The minimum Gasteiger partial charge on any atom is -0.360 e. The van der Waals surface area contributed by atoms with E-state index in [0.29, 0.717) is 23.6 Å². The third-order valence-electron chi connectivity index (χ3n) is 4.59. The lowest BCUT2D eigenvalue weighted by Crippen LogP contribution is -2.25. The van der Waals surface area contributed by atoms with Crippen LogP contribution in [-0.4, -0.2) is 20.6 Å². The van der Waals surface area contributed by atoms with Crippen LogP contribution in [0.15, 0.2) is 59.1 Å². The largest absolute Gasteiger partial charge is 0.360 e. The second-order valence-electron chi connectivity index (χ2n) is 6.27. The normalized spacial score (nSPS) is 11.0. The molecule has 6 nitrogen and oxygen atoms in total. The van der Waals surface area contributed by atoms with Crippen LogP contribution < -0.4 is 5.32 Å². The summed E-state index contributed by atoms with van der Waals surface area (Å²) in [6, 6.07) is 17.5. The van der Waals surface area contributed by atoms with Gasteiger partial charge in [0.15, 0.2) is 0 Å². The van der Waals surface area contributed by atoms with Gasteiger partial charge in [0.25, 0.3) is 5.91 Å². The van der Waals surface area contributed by atoms with Crippen molar-refractivity contribution in [3.8, 4) is 11.3 Å². The van der Waals surface area contributed by atoms with Crippen molar-refractivity contribution in [1.82, 2.24) is 20.0 Å². The molecule has 0 aliphatic rings. The van der Waals surface area contributed by atoms with E-state index in [2.05, 4.69) is 26.9 Å². The van der Waals surface area contributed by atoms with E-state index in [4.69, 9.17) is 4.52 Å². The lowest BCUT2D eigenvalue weighted by molar-refractivity contribution is 0.0948. The van der Waals surface area contributed by atoms with Gasteiger partial charge in [-0.25, -0.2) is 4.98 Å². The average Bonchev–Trinajstić information content (AvgIpc) is 3.26. The summed E-state index contributed by atoms with van der Waals surface area (Å²) in [7, 11) is 0. The first kappa shape index (κ1) is 17.0. The average molecular weight is 360 g/mol. The summed E-state index contributed by atoms with van der Waals surface area (Å²) in [5, 5.41) is 7.04. The highest BCUT2D eigenvalue weighted by Crippen LogP contribution is 2.25. The van der Waals surface area contributed by atoms with Crippen LogP contribution in [0.25, 0.3) is 22.3 Å². The van der Waals surface area contributed by atoms with Crippen LogP contribution >= 0.6 is 0 Å². The molecule has 0 spiro atoms. The zero-order valence-electron chi connectivity index (χ0n) is 15.3. The number of hydrogen-bond donors (Lipinski definition) is 1. The molecule has 0 saturated carbocycles. The zero-order chi connectivity index (χ0) is 18.8. The Balaban J connectivity index is 1.60. The topological polar surface area (TPSA) is 73.0 Å². The number of carbonyl (C=O) groups is 1. The SMILES string of the molecule is CCn1c(CNC(=O)c2c(-c3ccccc3)noc2C)nc2ccccc21. The Labute approximate surface area is 156 Å². The number of hydrogen-bond acceptors (Lipinski definition) is 4. The Morgan fingerprint density at radius 3 is 2.63 bits per heavy atom. The maximum atomic E-state index is 12.9. The van der Waals surface area contributed by atoms with E-state index in [9.17, 15) is 4.79 Å². The molecule has 2 aromatic carbocycles. The molecule has 0 aliphatic carbocycles. The molecule has 0 saturated heterocycles. The Morgan fingerprint density at radius 1 is 1.11 bits per heavy atom. The number of carbonyl (C=O) groups excluding carboxylic acids is 1. The van der Waals surface area contributed by atoms with Crippen LogP contribution in [0.3, 0.4) is 0 Å². The summed E-state index contributed by atoms with van der Waals surface area (Å²) < 4.78 is 7.39. The van der Waals surface area contributed by atoms with Crippen LogP contribution in [0.1, 0.15) is 28.9 Å². The Kier molecular flexibility index (Phi) is 4.46. The monoisotopic (exact) mass is 360 g/mol. The van der Waals surface area contributed by atoms with Crippen molar-refractivity contribution in [2.45, 2.75) is 26.9 Å². The molecule has 0 aliphatic heterocycles. The summed E-state index contributed by atoms with van der Waals surface area (Å²) in [4.78, 5) is 17.5. The van der Waals surface area contributed by atoms with E-state index in [0.717, 1.165) is 29.0 Å². The first-order chi connectivity index (χ1) is 13.2. The van der Waals surface area contributed by atoms with Crippen molar-refractivity contribution in [3.05, 3.63) is 71.7 Å². The smallest absolute Gasteiger partial charge is 0.257 e. The molecular formula is C21H20N4O2. The second-order valence-corrected chi connectivity index (χ2v) is 6.27. The molecule has 1 amide bonds. The van der Waals surface area contributed by atoms with E-state index >= 15 is 0 Å². The van der Waals surface area contributed by atoms with E-state index in [1.165, 1.54) is 0 Å². The second kappa shape index (κ2) is 7.07. The number of benzene rings is 2. The van der Waals surface area contributed by atoms with Gasteiger partial charge in [-0.05, 0) is 26.0 Å². The Morgan fingerprint density at radius 2 is 1.85 bits per heavy atom. The van der Waals surface area contributed by atoms with Gasteiger partial charge >= 0.3 is 0 Å². The van der Waals surface area contributed by atoms with Gasteiger partial charge in [-0.1, -0.05) is 47.6 Å². The third-order valence-corrected chi connectivity index (χ3v) is 4.59. The number of nitrogens with one attached hydrogen (secondary N) is 1. The molecule has 4 aromatic rings. The highest BCUT2D eigenvalue weighted by molar-refractivity contribution is 6.00.